The van der Waals surface area contributed by atoms with Gasteiger partial charge < -0.3 is 4.74 Å². The number of fused-ring (bicyclic) bond motifs is 1. The van der Waals surface area contributed by atoms with Crippen LogP contribution in [0.4, 0.5) is 0 Å². The predicted octanol–water partition coefficient (Wildman–Crippen LogP) is 3.15. The predicted molar refractivity (Wildman–Crippen MR) is 53.1 cm³/mol. The van der Waals surface area contributed by atoms with Crippen molar-refractivity contribution in [3.8, 4) is 11.1 Å². The molecule has 4 heteroatoms. The molecule has 0 aromatic heterocycles. The Hall–Kier alpha value is -0.730. The average Bonchev–Trinajstić information content (AvgIpc) is 2.04. The fourth-order valence-corrected chi connectivity index (χ4v) is 1.34. The van der Waals surface area contributed by atoms with Gasteiger partial charge in [-0.1, -0.05) is 35.3 Å². The third-order valence-corrected chi connectivity index (χ3v) is 2.54. The fourth-order valence-electron chi connectivity index (χ4n) is 0.807. The number of hydrogen-bond acceptors (Lipinski definition) is 2. The first kappa shape index (κ1) is 10.4. The Morgan fingerprint density at radius 3 is 1.62 bits per heavy atom. The quantitative estimate of drug-likeness (QED) is 0.636. The van der Waals surface area contributed by atoms with Crippen LogP contribution in [-0.4, -0.2) is 13.1 Å². The molecule has 0 aromatic rings. The second-order valence-corrected chi connectivity index (χ2v) is 3.24. The lowest BCUT2D eigenvalue weighted by molar-refractivity contribution is -0.137. The van der Waals surface area contributed by atoms with E-state index in [1.807, 2.05) is 12.1 Å². The molecule has 0 radical (unpaired) electrons. The lowest BCUT2D eigenvalue weighted by Crippen LogP contribution is -1.93. The van der Waals surface area contributed by atoms with Gasteiger partial charge in [0.2, 0.25) is 0 Å². The van der Waals surface area contributed by atoms with E-state index in [2.05, 4.69) is 4.74 Å². The first-order chi connectivity index (χ1) is 6.07. The van der Waals surface area contributed by atoms with Gasteiger partial charge in [-0.25, -0.2) is 0 Å². The van der Waals surface area contributed by atoms with Crippen LogP contribution in [0, 0.1) is 0 Å². The Kier molecular flexibility index (Phi) is 3.17. The number of ether oxygens (including phenoxy) is 1. The smallest absolute Gasteiger partial charge is 0.302 e. The van der Waals surface area contributed by atoms with Gasteiger partial charge in [0.25, 0.3) is 0 Å². The van der Waals surface area contributed by atoms with E-state index in [1.165, 1.54) is 14.0 Å². The van der Waals surface area contributed by atoms with E-state index in [-0.39, 0.29) is 5.97 Å². The summed E-state index contributed by atoms with van der Waals surface area (Å²) in [5, 5.41) is 1.45. The van der Waals surface area contributed by atoms with Crippen LogP contribution in [0.2, 0.25) is 10.0 Å². The second kappa shape index (κ2) is 3.99. The molecule has 0 aliphatic heterocycles. The largest absolute Gasteiger partial charge is 0.469 e. The molecular formula is C9H8Cl2O2. The molecule has 0 fully saturated rings. The minimum absolute atomic E-state index is 0.245. The summed E-state index contributed by atoms with van der Waals surface area (Å²) in [6, 6.07) is 3.92. The summed E-state index contributed by atoms with van der Waals surface area (Å²) >= 11 is 11.3. The van der Waals surface area contributed by atoms with E-state index in [0.29, 0.717) is 0 Å². The van der Waals surface area contributed by atoms with Crippen molar-refractivity contribution in [1.29, 1.82) is 0 Å². The minimum Gasteiger partial charge on any atom is -0.469 e. The second-order valence-electron chi connectivity index (χ2n) is 2.48. The van der Waals surface area contributed by atoms with Gasteiger partial charge in [-0.05, 0) is 0 Å². The van der Waals surface area contributed by atoms with Gasteiger partial charge in [-0.15, -0.1) is 0 Å². The fraction of sp³-hybridized carbons (Fsp3) is 0.222. The lowest BCUT2D eigenvalue weighted by Gasteiger charge is -2.19. The van der Waals surface area contributed by atoms with E-state index in [4.69, 9.17) is 23.2 Å². The molecule has 2 nitrogen and oxygen atoms in total. The number of carbonyl (C=O) groups excluding carboxylic acids is 1. The van der Waals surface area contributed by atoms with Crippen LogP contribution in [0.25, 0.3) is 11.1 Å². The maximum absolute atomic E-state index is 9.59. The molecule has 0 atom stereocenters. The molecule has 13 heavy (non-hydrogen) atoms. The maximum atomic E-state index is 9.59. The normalized spacial score (nSPS) is 9.85. The van der Waals surface area contributed by atoms with E-state index in [9.17, 15) is 4.79 Å². The van der Waals surface area contributed by atoms with E-state index in [1.54, 1.807) is 0 Å². The number of halogens is 2. The standard InChI is InChI=1S/C6H2Cl2.C3H6O2/c7-5-3-1-2-4(3)6(5)8;1-3(4)5-2/h1-2H;1-2H3. The summed E-state index contributed by atoms with van der Waals surface area (Å²) in [7, 11) is 1.35. The number of hydrogen-bond donors (Lipinski definition) is 0. The summed E-state index contributed by atoms with van der Waals surface area (Å²) < 4.78 is 4.11. The summed E-state index contributed by atoms with van der Waals surface area (Å²) in [6.45, 7) is 1.36. The lowest BCUT2D eigenvalue weighted by atomic mass is 9.94. The van der Waals surface area contributed by atoms with Gasteiger partial charge in [0.05, 0.1) is 17.2 Å². The van der Waals surface area contributed by atoms with Gasteiger partial charge in [-0.2, -0.15) is 0 Å². The third kappa shape index (κ3) is 1.95. The number of benzene rings is 1. The van der Waals surface area contributed by atoms with Crippen molar-refractivity contribution < 1.29 is 9.53 Å². The van der Waals surface area contributed by atoms with Crippen LogP contribution >= 0.6 is 23.2 Å². The topological polar surface area (TPSA) is 26.3 Å². The molecule has 0 unspecified atom stereocenters. The van der Waals surface area contributed by atoms with Gasteiger partial charge in [0, 0.05) is 18.1 Å². The Morgan fingerprint density at radius 2 is 1.54 bits per heavy atom. The molecular weight excluding hydrogens is 211 g/mol. The molecule has 2 aliphatic carbocycles. The molecule has 0 amide bonds. The molecule has 0 saturated carbocycles. The zero-order valence-electron chi connectivity index (χ0n) is 7.23. The summed E-state index contributed by atoms with van der Waals surface area (Å²) in [4.78, 5) is 9.59. The minimum atomic E-state index is -0.245. The first-order valence-corrected chi connectivity index (χ1v) is 4.36. The van der Waals surface area contributed by atoms with Gasteiger partial charge in [0.15, 0.2) is 0 Å². The highest BCUT2D eigenvalue weighted by atomic mass is 35.5. The molecule has 0 heterocycles. The van der Waals surface area contributed by atoms with Crippen LogP contribution in [0.15, 0.2) is 12.1 Å². The zero-order valence-corrected chi connectivity index (χ0v) is 8.74. The molecule has 0 aromatic carbocycles. The van der Waals surface area contributed by atoms with Gasteiger partial charge in [0.1, 0.15) is 0 Å². The van der Waals surface area contributed by atoms with E-state index < -0.39 is 0 Å². The Labute approximate surface area is 86.4 Å². The average molecular weight is 219 g/mol. The molecule has 0 spiro atoms. The van der Waals surface area contributed by atoms with Crippen LogP contribution < -0.4 is 0 Å². The molecule has 0 N–H and O–H groups in total. The highest BCUT2D eigenvalue weighted by Gasteiger charge is 2.22. The zero-order chi connectivity index (χ0) is 10.0. The van der Waals surface area contributed by atoms with Crippen LogP contribution in [0.3, 0.4) is 0 Å². The Balaban J connectivity index is 0.000000149. The third-order valence-electron chi connectivity index (χ3n) is 1.66. The van der Waals surface area contributed by atoms with Crippen molar-refractivity contribution in [2.75, 3.05) is 7.11 Å². The monoisotopic (exact) mass is 218 g/mol. The van der Waals surface area contributed by atoms with Crippen molar-refractivity contribution in [1.82, 2.24) is 0 Å². The molecule has 70 valence electrons. The SMILES string of the molecule is COC(C)=O.Clc1c2ccc-2c1Cl. The maximum Gasteiger partial charge on any atom is 0.302 e. The summed E-state index contributed by atoms with van der Waals surface area (Å²) in [6.07, 6.45) is 0. The van der Waals surface area contributed by atoms with Crippen molar-refractivity contribution in [3.05, 3.63) is 22.2 Å². The molecule has 2 rings (SSSR count). The van der Waals surface area contributed by atoms with Gasteiger partial charge in [-0.3, -0.25) is 4.79 Å². The molecule has 0 bridgehead atoms. The molecule has 0 saturated heterocycles. The summed E-state index contributed by atoms with van der Waals surface area (Å²) in [5.41, 5.74) is 2.24. The van der Waals surface area contributed by atoms with Crippen LogP contribution in [0.1, 0.15) is 6.92 Å². The highest BCUT2D eigenvalue weighted by molar-refractivity contribution is 6.49. The van der Waals surface area contributed by atoms with Crippen molar-refractivity contribution in [2.45, 2.75) is 6.92 Å². The van der Waals surface area contributed by atoms with Crippen LogP contribution in [0.5, 0.6) is 0 Å². The van der Waals surface area contributed by atoms with E-state index in [0.717, 1.165) is 21.2 Å². The number of rotatable bonds is 0. The summed E-state index contributed by atoms with van der Waals surface area (Å²) in [5.74, 6) is -0.245. The molecule has 2 aliphatic rings. The highest BCUT2D eigenvalue weighted by Crippen LogP contribution is 2.49. The Bertz CT molecular complexity index is 321. The van der Waals surface area contributed by atoms with E-state index >= 15 is 0 Å². The van der Waals surface area contributed by atoms with Crippen LogP contribution in [-0.2, 0) is 9.53 Å². The Morgan fingerprint density at radius 1 is 1.23 bits per heavy atom. The van der Waals surface area contributed by atoms with Crippen molar-refractivity contribution in [2.24, 2.45) is 0 Å². The number of carbonyl (C=O) groups is 1. The van der Waals surface area contributed by atoms with Crippen molar-refractivity contribution in [3.63, 3.8) is 0 Å². The number of esters is 1. The number of methoxy groups -OCH3 is 1. The van der Waals surface area contributed by atoms with Crippen molar-refractivity contribution >= 4 is 29.2 Å². The first-order valence-electron chi connectivity index (χ1n) is 3.61. The van der Waals surface area contributed by atoms with Gasteiger partial charge >= 0.3 is 5.97 Å².